The van der Waals surface area contributed by atoms with E-state index < -0.39 is 23.5 Å². The summed E-state index contributed by atoms with van der Waals surface area (Å²) in [6.45, 7) is 1.56. The fourth-order valence-corrected chi connectivity index (χ4v) is 2.35. The van der Waals surface area contributed by atoms with E-state index in [1.165, 1.54) is 18.6 Å². The van der Waals surface area contributed by atoms with Crippen LogP contribution in [-0.2, 0) is 9.59 Å². The first-order valence-corrected chi connectivity index (χ1v) is 6.79. The Morgan fingerprint density at radius 1 is 1.43 bits per heavy atom. The molecule has 1 unspecified atom stereocenters. The summed E-state index contributed by atoms with van der Waals surface area (Å²) in [6, 6.07) is 0.747. The van der Waals surface area contributed by atoms with Crippen molar-refractivity contribution in [1.29, 1.82) is 0 Å². The van der Waals surface area contributed by atoms with Crippen molar-refractivity contribution < 1.29 is 23.9 Å². The van der Waals surface area contributed by atoms with Gasteiger partial charge in [0, 0.05) is 0 Å². The maximum atomic E-state index is 12.1. The van der Waals surface area contributed by atoms with Crippen LogP contribution in [0.4, 0.5) is 0 Å². The number of aliphatic carboxylic acids is 1. The Morgan fingerprint density at radius 2 is 2.14 bits per heavy atom. The molecule has 2 amide bonds. The van der Waals surface area contributed by atoms with Crippen molar-refractivity contribution in [3.8, 4) is 0 Å². The van der Waals surface area contributed by atoms with E-state index in [2.05, 4.69) is 10.6 Å². The van der Waals surface area contributed by atoms with Crippen molar-refractivity contribution in [2.45, 2.75) is 44.2 Å². The third kappa shape index (κ3) is 3.62. The number of carboxylic acids is 1. The van der Waals surface area contributed by atoms with Gasteiger partial charge in [-0.1, -0.05) is 0 Å². The highest BCUT2D eigenvalue weighted by Gasteiger charge is 2.41. The van der Waals surface area contributed by atoms with Crippen LogP contribution in [0, 0.1) is 0 Å². The minimum Gasteiger partial charge on any atom is -0.481 e. The second-order valence-electron chi connectivity index (χ2n) is 5.40. The average molecular weight is 294 g/mol. The second kappa shape index (κ2) is 5.99. The van der Waals surface area contributed by atoms with E-state index in [1.54, 1.807) is 6.92 Å². The zero-order valence-corrected chi connectivity index (χ0v) is 11.7. The molecule has 1 atom stereocenters. The van der Waals surface area contributed by atoms with E-state index >= 15 is 0 Å². The first kappa shape index (κ1) is 15.1. The van der Waals surface area contributed by atoms with Crippen molar-refractivity contribution in [1.82, 2.24) is 10.6 Å². The summed E-state index contributed by atoms with van der Waals surface area (Å²) in [5.74, 6) is -1.73. The molecule has 2 rings (SSSR count). The van der Waals surface area contributed by atoms with Crippen LogP contribution >= 0.6 is 0 Å². The van der Waals surface area contributed by atoms with Crippen LogP contribution in [0.5, 0.6) is 0 Å². The number of rotatable bonds is 6. The highest BCUT2D eigenvalue weighted by atomic mass is 16.4. The Kier molecular flexibility index (Phi) is 4.30. The quantitative estimate of drug-likeness (QED) is 0.722. The Labute approximate surface area is 121 Å². The molecule has 1 heterocycles. The first-order chi connectivity index (χ1) is 9.92. The molecule has 3 N–H and O–H groups in total. The number of hydrogen-bond donors (Lipinski definition) is 3. The molecule has 7 heteroatoms. The Morgan fingerprint density at radius 3 is 2.62 bits per heavy atom. The van der Waals surface area contributed by atoms with E-state index in [1.807, 2.05) is 0 Å². The van der Waals surface area contributed by atoms with Gasteiger partial charge in [0.05, 0.1) is 23.8 Å². The van der Waals surface area contributed by atoms with E-state index in [0.29, 0.717) is 18.4 Å². The smallest absolute Gasteiger partial charge is 0.305 e. The largest absolute Gasteiger partial charge is 0.481 e. The van der Waals surface area contributed by atoms with Gasteiger partial charge in [0.25, 0.3) is 5.91 Å². The molecule has 1 aliphatic rings. The van der Waals surface area contributed by atoms with Crippen LogP contribution in [0.2, 0.25) is 0 Å². The van der Waals surface area contributed by atoms with Crippen LogP contribution in [-0.4, -0.2) is 34.5 Å². The normalized spacial score (nSPS) is 17.4. The second-order valence-corrected chi connectivity index (χ2v) is 5.40. The van der Waals surface area contributed by atoms with Gasteiger partial charge in [-0.25, -0.2) is 0 Å². The minimum atomic E-state index is -0.940. The zero-order chi connectivity index (χ0) is 15.5. The van der Waals surface area contributed by atoms with E-state index in [4.69, 9.17) is 9.52 Å². The van der Waals surface area contributed by atoms with Crippen LogP contribution in [0.25, 0.3) is 0 Å². The van der Waals surface area contributed by atoms with Gasteiger partial charge in [-0.05, 0) is 32.3 Å². The van der Waals surface area contributed by atoms with E-state index in [9.17, 15) is 14.4 Å². The molecule has 1 aliphatic carbocycles. The topological polar surface area (TPSA) is 109 Å². The van der Waals surface area contributed by atoms with Crippen molar-refractivity contribution in [3.05, 3.63) is 24.2 Å². The van der Waals surface area contributed by atoms with Crippen molar-refractivity contribution in [2.75, 3.05) is 0 Å². The molecule has 1 aromatic rings. The molecule has 114 valence electrons. The minimum absolute atomic E-state index is 0.0961. The van der Waals surface area contributed by atoms with Crippen molar-refractivity contribution in [2.24, 2.45) is 0 Å². The monoisotopic (exact) mass is 294 g/mol. The van der Waals surface area contributed by atoms with Gasteiger partial charge < -0.3 is 20.2 Å². The molecule has 0 spiro atoms. The lowest BCUT2D eigenvalue weighted by Crippen LogP contribution is -2.58. The van der Waals surface area contributed by atoms with Gasteiger partial charge in [-0.15, -0.1) is 0 Å². The van der Waals surface area contributed by atoms with Gasteiger partial charge in [0.15, 0.2) is 0 Å². The predicted octanol–water partition coefficient (Wildman–Crippen LogP) is 0.911. The molecule has 0 bridgehead atoms. The standard InChI is InChI=1S/C14H18N2O5/c1-9(15-13(20)10-3-6-21-8-10)12(19)16-14(4-2-5-14)7-11(17)18/h3,6,8-9H,2,4-5,7H2,1H3,(H,15,20)(H,16,19)(H,17,18). The average Bonchev–Trinajstić information content (AvgIpc) is 2.89. The summed E-state index contributed by atoms with van der Waals surface area (Å²) in [4.78, 5) is 34.8. The van der Waals surface area contributed by atoms with Crippen LogP contribution in [0.3, 0.4) is 0 Å². The molecule has 1 fully saturated rings. The number of carbonyl (C=O) groups excluding carboxylic acids is 2. The summed E-state index contributed by atoms with van der Waals surface area (Å²) in [7, 11) is 0. The summed E-state index contributed by atoms with van der Waals surface area (Å²) in [5, 5.41) is 14.2. The zero-order valence-electron chi connectivity index (χ0n) is 11.7. The summed E-state index contributed by atoms with van der Waals surface area (Å²) in [5.41, 5.74) is -0.337. The predicted molar refractivity (Wildman–Crippen MR) is 72.6 cm³/mol. The Bertz CT molecular complexity index is 534. The van der Waals surface area contributed by atoms with Crippen LogP contribution in [0.15, 0.2) is 23.0 Å². The lowest BCUT2D eigenvalue weighted by Gasteiger charge is -2.42. The first-order valence-electron chi connectivity index (χ1n) is 6.79. The SMILES string of the molecule is CC(NC(=O)c1ccoc1)C(=O)NC1(CC(=O)O)CCC1. The van der Waals surface area contributed by atoms with Gasteiger partial charge in [-0.3, -0.25) is 14.4 Å². The molecule has 7 nitrogen and oxygen atoms in total. The molecule has 1 aromatic heterocycles. The Hall–Kier alpha value is -2.31. The fourth-order valence-electron chi connectivity index (χ4n) is 2.35. The molecule has 0 aromatic carbocycles. The third-order valence-electron chi connectivity index (χ3n) is 3.71. The number of furan rings is 1. The number of amides is 2. The lowest BCUT2D eigenvalue weighted by molar-refractivity contribution is -0.140. The molecular formula is C14H18N2O5. The van der Waals surface area contributed by atoms with Crippen LogP contribution in [0.1, 0.15) is 43.0 Å². The van der Waals surface area contributed by atoms with Gasteiger partial charge >= 0.3 is 5.97 Å². The van der Waals surface area contributed by atoms with Crippen LogP contribution < -0.4 is 10.6 Å². The van der Waals surface area contributed by atoms with Gasteiger partial charge in [0.2, 0.25) is 5.91 Å². The van der Waals surface area contributed by atoms with E-state index in [-0.39, 0.29) is 12.3 Å². The lowest BCUT2D eigenvalue weighted by atomic mass is 9.74. The number of carbonyl (C=O) groups is 3. The maximum absolute atomic E-state index is 12.1. The fraction of sp³-hybridized carbons (Fsp3) is 0.500. The molecular weight excluding hydrogens is 276 g/mol. The van der Waals surface area contributed by atoms with Crippen molar-refractivity contribution in [3.63, 3.8) is 0 Å². The highest BCUT2D eigenvalue weighted by molar-refractivity contribution is 5.97. The van der Waals surface area contributed by atoms with E-state index in [0.717, 1.165) is 6.42 Å². The van der Waals surface area contributed by atoms with Crippen molar-refractivity contribution >= 4 is 17.8 Å². The summed E-state index contributed by atoms with van der Waals surface area (Å²) >= 11 is 0. The summed E-state index contributed by atoms with van der Waals surface area (Å²) < 4.78 is 4.80. The highest BCUT2D eigenvalue weighted by Crippen LogP contribution is 2.34. The van der Waals surface area contributed by atoms with Gasteiger partial charge in [0.1, 0.15) is 12.3 Å². The molecule has 21 heavy (non-hydrogen) atoms. The summed E-state index contributed by atoms with van der Waals surface area (Å²) in [6.07, 6.45) is 4.75. The Balaban J connectivity index is 1.90. The number of carboxylic acid groups (broad SMARTS) is 1. The maximum Gasteiger partial charge on any atom is 0.305 e. The van der Waals surface area contributed by atoms with Gasteiger partial charge in [-0.2, -0.15) is 0 Å². The molecule has 0 saturated heterocycles. The number of nitrogens with one attached hydrogen (secondary N) is 2. The molecule has 0 radical (unpaired) electrons. The molecule has 1 saturated carbocycles. The third-order valence-corrected chi connectivity index (χ3v) is 3.71. The number of hydrogen-bond acceptors (Lipinski definition) is 4. The molecule has 0 aliphatic heterocycles.